The standard InChI is InChI=1S/C14H12O2.C11H14O2/c15-14(13-9-5-2-6-10-13)16-11-12-7-3-1-4-8-12;1-2-3-9-13-11(12)10-7-5-4-6-8-10/h1-10H,11H2;4-8H,2-3,9H2,1H3. The van der Waals surface area contributed by atoms with Crippen LogP contribution in [0.15, 0.2) is 91.0 Å². The molecule has 0 heterocycles. The van der Waals surface area contributed by atoms with Crippen molar-refractivity contribution < 1.29 is 19.1 Å². The van der Waals surface area contributed by atoms with Gasteiger partial charge in [-0.25, -0.2) is 9.59 Å². The molecule has 0 saturated heterocycles. The van der Waals surface area contributed by atoms with Crippen LogP contribution >= 0.6 is 0 Å². The van der Waals surface area contributed by atoms with Gasteiger partial charge in [0.25, 0.3) is 0 Å². The van der Waals surface area contributed by atoms with Crippen LogP contribution in [0.25, 0.3) is 0 Å². The Morgan fingerprint density at radius 2 is 1.10 bits per heavy atom. The molecular formula is C25H26O4. The van der Waals surface area contributed by atoms with E-state index in [1.807, 2.05) is 66.7 Å². The number of rotatable bonds is 7. The van der Waals surface area contributed by atoms with Gasteiger partial charge in [-0.3, -0.25) is 0 Å². The Kier molecular flexibility index (Phi) is 9.73. The molecule has 0 saturated carbocycles. The lowest BCUT2D eigenvalue weighted by Gasteiger charge is -2.04. The van der Waals surface area contributed by atoms with Crippen molar-refractivity contribution in [1.29, 1.82) is 0 Å². The van der Waals surface area contributed by atoms with E-state index in [-0.39, 0.29) is 11.9 Å². The first-order valence-corrected chi connectivity index (χ1v) is 9.69. The van der Waals surface area contributed by atoms with Gasteiger partial charge in [-0.1, -0.05) is 80.1 Å². The van der Waals surface area contributed by atoms with Crippen LogP contribution in [-0.2, 0) is 16.1 Å². The number of carbonyl (C=O) groups is 2. The largest absolute Gasteiger partial charge is 0.462 e. The van der Waals surface area contributed by atoms with Crippen LogP contribution in [0, 0.1) is 0 Å². The minimum absolute atomic E-state index is 0.228. The van der Waals surface area contributed by atoms with Crippen molar-refractivity contribution in [1.82, 2.24) is 0 Å². The predicted molar refractivity (Wildman–Crippen MR) is 114 cm³/mol. The van der Waals surface area contributed by atoms with E-state index >= 15 is 0 Å². The van der Waals surface area contributed by atoms with Gasteiger partial charge < -0.3 is 9.47 Å². The summed E-state index contributed by atoms with van der Waals surface area (Å²) in [5.41, 5.74) is 2.20. The van der Waals surface area contributed by atoms with Gasteiger partial charge in [-0.05, 0) is 36.2 Å². The van der Waals surface area contributed by atoms with Gasteiger partial charge in [0.15, 0.2) is 0 Å². The lowest BCUT2D eigenvalue weighted by Crippen LogP contribution is -2.05. The Morgan fingerprint density at radius 1 is 0.655 bits per heavy atom. The van der Waals surface area contributed by atoms with Crippen LogP contribution in [0.1, 0.15) is 46.0 Å². The molecule has 0 radical (unpaired) electrons. The molecule has 0 N–H and O–H groups in total. The number of benzene rings is 3. The molecule has 0 aliphatic carbocycles. The molecule has 0 aliphatic rings. The van der Waals surface area contributed by atoms with Gasteiger partial charge in [-0.15, -0.1) is 0 Å². The van der Waals surface area contributed by atoms with Gasteiger partial charge in [0.2, 0.25) is 0 Å². The van der Waals surface area contributed by atoms with Crippen molar-refractivity contribution in [3.05, 3.63) is 108 Å². The zero-order valence-electron chi connectivity index (χ0n) is 16.6. The molecule has 0 aromatic heterocycles. The van der Waals surface area contributed by atoms with E-state index in [9.17, 15) is 9.59 Å². The highest BCUT2D eigenvalue weighted by Crippen LogP contribution is 2.05. The normalized spacial score (nSPS) is 9.69. The van der Waals surface area contributed by atoms with Gasteiger partial charge in [0.1, 0.15) is 6.61 Å². The topological polar surface area (TPSA) is 52.6 Å². The van der Waals surface area contributed by atoms with Crippen LogP contribution in [0.4, 0.5) is 0 Å². The Bertz CT molecular complexity index is 846. The third-order valence-corrected chi connectivity index (χ3v) is 3.96. The van der Waals surface area contributed by atoms with E-state index in [2.05, 4.69) is 6.92 Å². The quantitative estimate of drug-likeness (QED) is 0.384. The molecule has 0 unspecified atom stereocenters. The molecule has 4 heteroatoms. The molecule has 0 atom stereocenters. The molecule has 3 rings (SSSR count). The van der Waals surface area contributed by atoms with E-state index in [0.717, 1.165) is 18.4 Å². The van der Waals surface area contributed by atoms with Crippen LogP contribution < -0.4 is 0 Å². The molecule has 3 aromatic carbocycles. The van der Waals surface area contributed by atoms with E-state index in [1.54, 1.807) is 24.3 Å². The summed E-state index contributed by atoms with van der Waals surface area (Å²) >= 11 is 0. The van der Waals surface area contributed by atoms with Gasteiger partial charge in [-0.2, -0.15) is 0 Å². The smallest absolute Gasteiger partial charge is 0.338 e. The molecule has 0 spiro atoms. The summed E-state index contributed by atoms with van der Waals surface area (Å²) in [6, 6.07) is 27.7. The Balaban J connectivity index is 0.000000212. The highest BCUT2D eigenvalue weighted by molar-refractivity contribution is 5.89. The van der Waals surface area contributed by atoms with E-state index in [0.29, 0.717) is 24.3 Å². The molecule has 4 nitrogen and oxygen atoms in total. The average Bonchev–Trinajstić information content (AvgIpc) is 2.80. The zero-order chi connectivity index (χ0) is 20.7. The molecule has 0 amide bonds. The highest BCUT2D eigenvalue weighted by Gasteiger charge is 2.05. The van der Waals surface area contributed by atoms with E-state index in [4.69, 9.17) is 9.47 Å². The van der Waals surface area contributed by atoms with Gasteiger partial charge in [0, 0.05) is 0 Å². The second-order valence-corrected chi connectivity index (χ2v) is 6.28. The second kappa shape index (κ2) is 12.9. The number of carbonyl (C=O) groups excluding carboxylic acids is 2. The number of hydrogen-bond donors (Lipinski definition) is 0. The van der Waals surface area contributed by atoms with Gasteiger partial charge in [0.05, 0.1) is 17.7 Å². The van der Waals surface area contributed by atoms with Crippen molar-refractivity contribution in [2.24, 2.45) is 0 Å². The highest BCUT2D eigenvalue weighted by atomic mass is 16.5. The van der Waals surface area contributed by atoms with Crippen molar-refractivity contribution in [2.45, 2.75) is 26.4 Å². The molecule has 3 aromatic rings. The lowest BCUT2D eigenvalue weighted by atomic mass is 10.2. The minimum atomic E-state index is -0.288. The number of esters is 2. The van der Waals surface area contributed by atoms with Crippen LogP contribution in [0.3, 0.4) is 0 Å². The molecule has 0 bridgehead atoms. The van der Waals surface area contributed by atoms with Crippen molar-refractivity contribution >= 4 is 11.9 Å². The fourth-order valence-corrected chi connectivity index (χ4v) is 2.35. The summed E-state index contributed by atoms with van der Waals surface area (Å²) in [7, 11) is 0. The summed E-state index contributed by atoms with van der Waals surface area (Å²) < 4.78 is 10.2. The maximum Gasteiger partial charge on any atom is 0.338 e. The Hall–Kier alpha value is -3.40. The predicted octanol–water partition coefficient (Wildman–Crippen LogP) is 5.69. The van der Waals surface area contributed by atoms with E-state index < -0.39 is 0 Å². The molecule has 150 valence electrons. The fourth-order valence-electron chi connectivity index (χ4n) is 2.35. The fraction of sp³-hybridized carbons (Fsp3) is 0.200. The van der Waals surface area contributed by atoms with Gasteiger partial charge >= 0.3 is 11.9 Å². The first-order valence-electron chi connectivity index (χ1n) is 9.69. The van der Waals surface area contributed by atoms with Crippen molar-refractivity contribution in [3.8, 4) is 0 Å². The molecule has 0 fully saturated rings. The second-order valence-electron chi connectivity index (χ2n) is 6.28. The third kappa shape index (κ3) is 8.43. The summed E-state index contributed by atoms with van der Waals surface area (Å²) in [5.74, 6) is -0.515. The van der Waals surface area contributed by atoms with Crippen LogP contribution in [0.2, 0.25) is 0 Å². The number of unbranched alkanes of at least 4 members (excludes halogenated alkanes) is 1. The summed E-state index contributed by atoms with van der Waals surface area (Å²) in [6.07, 6.45) is 1.97. The van der Waals surface area contributed by atoms with Crippen LogP contribution in [-0.4, -0.2) is 18.5 Å². The SMILES string of the molecule is CCCCOC(=O)c1ccccc1.O=C(OCc1ccccc1)c1ccccc1. The number of ether oxygens (including phenoxy) is 2. The summed E-state index contributed by atoms with van der Waals surface area (Å²) in [4.78, 5) is 22.9. The molecular weight excluding hydrogens is 364 g/mol. The maximum absolute atomic E-state index is 11.6. The first-order chi connectivity index (χ1) is 14.2. The molecule has 29 heavy (non-hydrogen) atoms. The van der Waals surface area contributed by atoms with Crippen molar-refractivity contribution in [2.75, 3.05) is 6.61 Å². The monoisotopic (exact) mass is 390 g/mol. The third-order valence-electron chi connectivity index (χ3n) is 3.96. The van der Waals surface area contributed by atoms with Crippen molar-refractivity contribution in [3.63, 3.8) is 0 Å². The number of hydrogen-bond acceptors (Lipinski definition) is 4. The Labute approximate surface area is 172 Å². The summed E-state index contributed by atoms with van der Waals surface area (Å²) in [6.45, 7) is 2.90. The molecule has 0 aliphatic heterocycles. The minimum Gasteiger partial charge on any atom is -0.462 e. The lowest BCUT2D eigenvalue weighted by molar-refractivity contribution is 0.0470. The first kappa shape index (κ1) is 21.9. The summed E-state index contributed by atoms with van der Waals surface area (Å²) in [5, 5.41) is 0. The Morgan fingerprint density at radius 3 is 1.59 bits per heavy atom. The average molecular weight is 390 g/mol. The van der Waals surface area contributed by atoms with E-state index in [1.165, 1.54) is 0 Å². The zero-order valence-corrected chi connectivity index (χ0v) is 16.6. The maximum atomic E-state index is 11.6. The van der Waals surface area contributed by atoms with Crippen LogP contribution in [0.5, 0.6) is 0 Å².